The summed E-state index contributed by atoms with van der Waals surface area (Å²) < 4.78 is 0. The lowest BCUT2D eigenvalue weighted by Crippen LogP contribution is -2.41. The standard InChI is InChI=1S/C33H37N3O2/c1-25(37)28-14-15-30-23-31(17-16-29(30)22-28)35(2)24-33(38)36(20-9-19-34)21-18-32(26-10-5-3-6-11-26)27-12-7-4-8-13-27/h3-8,10-17,22-23,32H,9,18-21,24,34H2,1-2H3. The summed E-state index contributed by atoms with van der Waals surface area (Å²) in [6.07, 6.45) is 1.60. The number of Topliss-reactive ketones (excluding diaryl/α,β-unsaturated/α-hetero) is 1. The van der Waals surface area contributed by atoms with Crippen LogP contribution in [-0.2, 0) is 4.79 Å². The molecule has 0 aliphatic carbocycles. The van der Waals surface area contributed by atoms with Crippen molar-refractivity contribution in [2.75, 3.05) is 38.1 Å². The molecular formula is C33H37N3O2. The van der Waals surface area contributed by atoms with Gasteiger partial charge in [-0.25, -0.2) is 0 Å². The second-order valence-electron chi connectivity index (χ2n) is 9.84. The summed E-state index contributed by atoms with van der Waals surface area (Å²) in [6.45, 7) is 3.71. The highest BCUT2D eigenvalue weighted by Gasteiger charge is 2.20. The van der Waals surface area contributed by atoms with Crippen LogP contribution in [-0.4, -0.2) is 49.8 Å². The van der Waals surface area contributed by atoms with Gasteiger partial charge in [-0.15, -0.1) is 0 Å². The van der Waals surface area contributed by atoms with Gasteiger partial charge in [0, 0.05) is 37.3 Å². The van der Waals surface area contributed by atoms with Crippen molar-refractivity contribution in [1.29, 1.82) is 0 Å². The van der Waals surface area contributed by atoms with Crippen molar-refractivity contribution in [3.63, 3.8) is 0 Å². The maximum Gasteiger partial charge on any atom is 0.242 e. The third kappa shape index (κ3) is 6.87. The molecule has 0 aromatic heterocycles. The van der Waals surface area contributed by atoms with Gasteiger partial charge in [-0.1, -0.05) is 78.9 Å². The van der Waals surface area contributed by atoms with Crippen LogP contribution in [0.1, 0.15) is 47.2 Å². The first-order valence-electron chi connectivity index (χ1n) is 13.3. The second-order valence-corrected chi connectivity index (χ2v) is 9.84. The highest BCUT2D eigenvalue weighted by Crippen LogP contribution is 2.28. The Bertz CT molecular complexity index is 1320. The molecule has 38 heavy (non-hydrogen) atoms. The molecule has 0 bridgehead atoms. The average Bonchev–Trinajstić information content (AvgIpc) is 2.95. The zero-order chi connectivity index (χ0) is 26.9. The smallest absolute Gasteiger partial charge is 0.242 e. The van der Waals surface area contributed by atoms with Gasteiger partial charge in [-0.2, -0.15) is 0 Å². The molecule has 4 rings (SSSR count). The quantitative estimate of drug-likeness (QED) is 0.243. The number of fused-ring (bicyclic) bond motifs is 1. The van der Waals surface area contributed by atoms with Gasteiger partial charge in [0.2, 0.25) is 5.91 Å². The highest BCUT2D eigenvalue weighted by atomic mass is 16.2. The van der Waals surface area contributed by atoms with Crippen molar-refractivity contribution >= 4 is 28.2 Å². The minimum Gasteiger partial charge on any atom is -0.365 e. The molecule has 0 spiro atoms. The molecule has 5 heteroatoms. The number of ketones is 1. The molecule has 0 saturated heterocycles. The Morgan fingerprint density at radius 2 is 1.39 bits per heavy atom. The monoisotopic (exact) mass is 507 g/mol. The fourth-order valence-electron chi connectivity index (χ4n) is 4.91. The van der Waals surface area contributed by atoms with Crippen molar-refractivity contribution in [2.45, 2.75) is 25.7 Å². The summed E-state index contributed by atoms with van der Waals surface area (Å²) in [5.41, 5.74) is 10.00. The first-order chi connectivity index (χ1) is 18.5. The number of carbonyl (C=O) groups excluding carboxylic acids is 2. The van der Waals surface area contributed by atoms with E-state index in [-0.39, 0.29) is 24.2 Å². The molecule has 4 aromatic rings. The summed E-state index contributed by atoms with van der Waals surface area (Å²) in [5, 5.41) is 2.05. The fraction of sp³-hybridized carbons (Fsp3) is 0.273. The molecule has 0 fully saturated rings. The zero-order valence-electron chi connectivity index (χ0n) is 22.3. The maximum absolute atomic E-state index is 13.5. The first kappa shape index (κ1) is 27.1. The van der Waals surface area contributed by atoms with Crippen molar-refractivity contribution in [3.05, 3.63) is 114 Å². The maximum atomic E-state index is 13.5. The molecule has 0 radical (unpaired) electrons. The molecule has 4 aromatic carbocycles. The second kappa shape index (κ2) is 13.0. The van der Waals surface area contributed by atoms with Gasteiger partial charge >= 0.3 is 0 Å². The van der Waals surface area contributed by atoms with Crippen LogP contribution < -0.4 is 10.6 Å². The van der Waals surface area contributed by atoms with Crippen LogP contribution in [0.4, 0.5) is 5.69 Å². The van der Waals surface area contributed by atoms with Gasteiger partial charge in [-0.3, -0.25) is 9.59 Å². The SMILES string of the molecule is CC(=O)c1ccc2cc(N(C)CC(=O)N(CCCN)CCC(c3ccccc3)c3ccccc3)ccc2c1. The highest BCUT2D eigenvalue weighted by molar-refractivity contribution is 5.99. The number of nitrogens with two attached hydrogens (primary N) is 1. The minimum atomic E-state index is 0.0537. The van der Waals surface area contributed by atoms with Gasteiger partial charge in [0.25, 0.3) is 0 Å². The van der Waals surface area contributed by atoms with Gasteiger partial charge in [-0.05, 0) is 66.4 Å². The molecule has 196 valence electrons. The summed E-state index contributed by atoms with van der Waals surface area (Å²) in [7, 11) is 1.95. The Kier molecular flexibility index (Phi) is 9.28. The molecule has 1 amide bonds. The lowest BCUT2D eigenvalue weighted by molar-refractivity contribution is -0.129. The Balaban J connectivity index is 1.48. The number of anilines is 1. The summed E-state index contributed by atoms with van der Waals surface area (Å²) in [5.74, 6) is 0.356. The predicted molar refractivity (Wildman–Crippen MR) is 157 cm³/mol. The van der Waals surface area contributed by atoms with E-state index in [0.29, 0.717) is 25.2 Å². The molecule has 0 saturated carbocycles. The van der Waals surface area contributed by atoms with E-state index >= 15 is 0 Å². The predicted octanol–water partition coefficient (Wildman–Crippen LogP) is 5.88. The first-order valence-corrected chi connectivity index (χ1v) is 13.3. The number of hydrogen-bond acceptors (Lipinski definition) is 4. The molecule has 0 heterocycles. The number of likely N-dealkylation sites (N-methyl/N-ethyl adjacent to an activating group) is 1. The van der Waals surface area contributed by atoms with Crippen molar-refractivity contribution in [3.8, 4) is 0 Å². The van der Waals surface area contributed by atoms with Gasteiger partial charge in [0.15, 0.2) is 5.78 Å². The number of amides is 1. The number of rotatable bonds is 12. The zero-order valence-corrected chi connectivity index (χ0v) is 22.3. The number of carbonyl (C=O) groups is 2. The van der Waals surface area contributed by atoms with Crippen LogP contribution in [0.25, 0.3) is 10.8 Å². The van der Waals surface area contributed by atoms with E-state index in [4.69, 9.17) is 5.73 Å². The Morgan fingerprint density at radius 3 is 2.00 bits per heavy atom. The number of hydrogen-bond donors (Lipinski definition) is 1. The third-order valence-electron chi connectivity index (χ3n) is 7.12. The lowest BCUT2D eigenvalue weighted by Gasteiger charge is -2.28. The van der Waals surface area contributed by atoms with E-state index in [9.17, 15) is 9.59 Å². The Labute approximate surface area is 225 Å². The summed E-state index contributed by atoms with van der Waals surface area (Å²) in [6, 6.07) is 32.8. The van der Waals surface area contributed by atoms with Gasteiger partial charge in [0.1, 0.15) is 0 Å². The van der Waals surface area contributed by atoms with Gasteiger partial charge in [0.05, 0.1) is 6.54 Å². The van der Waals surface area contributed by atoms with Gasteiger partial charge < -0.3 is 15.5 Å². The fourth-order valence-corrected chi connectivity index (χ4v) is 4.91. The van der Waals surface area contributed by atoms with Crippen LogP contribution >= 0.6 is 0 Å². The van der Waals surface area contributed by atoms with E-state index in [0.717, 1.165) is 29.3 Å². The van der Waals surface area contributed by atoms with Crippen LogP contribution in [0.3, 0.4) is 0 Å². The molecule has 0 aliphatic rings. The van der Waals surface area contributed by atoms with E-state index in [2.05, 4.69) is 54.6 Å². The molecule has 0 aliphatic heterocycles. The molecule has 0 atom stereocenters. The average molecular weight is 508 g/mol. The molecule has 0 unspecified atom stereocenters. The van der Waals surface area contributed by atoms with E-state index in [1.807, 2.05) is 59.3 Å². The number of nitrogens with zero attached hydrogens (tertiary/aromatic N) is 2. The van der Waals surface area contributed by atoms with Crippen LogP contribution in [0.2, 0.25) is 0 Å². The van der Waals surface area contributed by atoms with Crippen LogP contribution in [0.15, 0.2) is 97.1 Å². The van der Waals surface area contributed by atoms with E-state index in [1.165, 1.54) is 11.1 Å². The van der Waals surface area contributed by atoms with Crippen LogP contribution in [0, 0.1) is 0 Å². The molecule has 5 nitrogen and oxygen atoms in total. The van der Waals surface area contributed by atoms with Crippen molar-refractivity contribution < 1.29 is 9.59 Å². The van der Waals surface area contributed by atoms with E-state index in [1.54, 1.807) is 6.92 Å². The Morgan fingerprint density at radius 1 is 0.789 bits per heavy atom. The lowest BCUT2D eigenvalue weighted by atomic mass is 9.88. The normalized spacial score (nSPS) is 11.1. The number of benzene rings is 4. The molecule has 2 N–H and O–H groups in total. The Hall–Kier alpha value is -3.96. The summed E-state index contributed by atoms with van der Waals surface area (Å²) in [4.78, 5) is 29.2. The van der Waals surface area contributed by atoms with Crippen LogP contribution in [0.5, 0.6) is 0 Å². The topological polar surface area (TPSA) is 66.6 Å². The van der Waals surface area contributed by atoms with Crippen molar-refractivity contribution in [1.82, 2.24) is 4.90 Å². The van der Waals surface area contributed by atoms with Crippen molar-refractivity contribution in [2.24, 2.45) is 5.73 Å². The minimum absolute atomic E-state index is 0.0537. The largest absolute Gasteiger partial charge is 0.365 e. The molecular weight excluding hydrogens is 470 g/mol. The summed E-state index contributed by atoms with van der Waals surface area (Å²) >= 11 is 0. The third-order valence-corrected chi connectivity index (χ3v) is 7.12. The van der Waals surface area contributed by atoms with E-state index < -0.39 is 0 Å².